The number of hydrogen-bond donors (Lipinski definition) is 0. The molecule has 210 valence electrons. The van der Waals surface area contributed by atoms with Crippen LogP contribution in [0.5, 0.6) is 5.75 Å². The molecular weight excluding hydrogens is 541 g/mol. The van der Waals surface area contributed by atoms with Crippen LogP contribution in [0.2, 0.25) is 5.02 Å². The third kappa shape index (κ3) is 4.90. The predicted octanol–water partition coefficient (Wildman–Crippen LogP) is 4.63. The Morgan fingerprint density at radius 3 is 2.38 bits per heavy atom. The molecule has 0 bridgehead atoms. The molecule has 2 aliphatic heterocycles. The lowest BCUT2D eigenvalue weighted by molar-refractivity contribution is 0.00940. The third-order valence-corrected chi connectivity index (χ3v) is 7.37. The van der Waals surface area contributed by atoms with E-state index in [0.29, 0.717) is 17.2 Å². The van der Waals surface area contributed by atoms with Gasteiger partial charge in [0.25, 0.3) is 11.8 Å². The molecule has 40 heavy (non-hydrogen) atoms. The Balaban J connectivity index is 1.59. The Labute approximate surface area is 235 Å². The lowest BCUT2D eigenvalue weighted by atomic mass is 9.91. The van der Waals surface area contributed by atoms with Crippen molar-refractivity contribution in [3.8, 4) is 5.75 Å². The quantitative estimate of drug-likeness (QED) is 0.412. The van der Waals surface area contributed by atoms with E-state index in [0.717, 1.165) is 4.90 Å². The van der Waals surface area contributed by atoms with E-state index in [-0.39, 0.29) is 53.6 Å². The number of carbonyl (C=O) groups is 3. The number of ether oxygens (including phenoxy) is 2. The maximum atomic E-state index is 15.6. The highest BCUT2D eigenvalue weighted by Crippen LogP contribution is 2.43. The molecule has 12 heteroatoms. The van der Waals surface area contributed by atoms with E-state index in [2.05, 4.69) is 10.2 Å². The number of halogens is 2. The molecule has 0 spiro atoms. The normalized spacial score (nSPS) is 16.7. The zero-order valence-corrected chi connectivity index (χ0v) is 23.6. The van der Waals surface area contributed by atoms with Gasteiger partial charge >= 0.3 is 6.09 Å². The molecular formula is C28H29ClFN5O5. The first-order valence-electron chi connectivity index (χ1n) is 12.8. The van der Waals surface area contributed by atoms with Gasteiger partial charge in [0, 0.05) is 24.2 Å². The first-order valence-corrected chi connectivity index (χ1v) is 13.2. The summed E-state index contributed by atoms with van der Waals surface area (Å²) in [5.74, 6) is -0.794. The largest absolute Gasteiger partial charge is 0.482 e. The fourth-order valence-electron chi connectivity index (χ4n) is 4.98. The van der Waals surface area contributed by atoms with E-state index in [1.165, 1.54) is 11.0 Å². The number of rotatable bonds is 5. The van der Waals surface area contributed by atoms with Crippen molar-refractivity contribution in [3.05, 3.63) is 75.1 Å². The summed E-state index contributed by atoms with van der Waals surface area (Å²) in [6.45, 7) is 6.77. The van der Waals surface area contributed by atoms with Gasteiger partial charge in [0.15, 0.2) is 17.4 Å². The molecule has 0 N–H and O–H groups in total. The number of aromatic nitrogens is 3. The van der Waals surface area contributed by atoms with Crippen LogP contribution >= 0.6 is 11.6 Å². The Bertz CT molecular complexity index is 1500. The average molecular weight is 570 g/mol. The van der Waals surface area contributed by atoms with Gasteiger partial charge in [-0.1, -0.05) is 23.7 Å². The maximum Gasteiger partial charge on any atom is 0.410 e. The second-order valence-electron chi connectivity index (χ2n) is 10.8. The van der Waals surface area contributed by atoms with Crippen LogP contribution < -0.4 is 4.74 Å². The van der Waals surface area contributed by atoms with Crippen molar-refractivity contribution >= 4 is 29.5 Å². The van der Waals surface area contributed by atoms with Gasteiger partial charge in [0.05, 0.1) is 23.7 Å². The van der Waals surface area contributed by atoms with Gasteiger partial charge in [-0.05, 0) is 57.9 Å². The topological polar surface area (TPSA) is 107 Å². The van der Waals surface area contributed by atoms with E-state index in [1.807, 2.05) is 0 Å². The molecule has 10 nitrogen and oxygen atoms in total. The van der Waals surface area contributed by atoms with Crippen LogP contribution in [0.25, 0.3) is 0 Å². The number of benzene rings is 2. The van der Waals surface area contributed by atoms with Crippen LogP contribution in [0.4, 0.5) is 9.18 Å². The summed E-state index contributed by atoms with van der Waals surface area (Å²) in [6.07, 6.45) is -0.388. The van der Waals surface area contributed by atoms with Crippen LogP contribution in [0.15, 0.2) is 30.3 Å². The van der Waals surface area contributed by atoms with Crippen molar-refractivity contribution in [2.75, 3.05) is 13.1 Å². The first kappa shape index (κ1) is 27.6. The van der Waals surface area contributed by atoms with E-state index in [1.54, 1.807) is 63.6 Å². The van der Waals surface area contributed by atoms with Crippen molar-refractivity contribution in [3.63, 3.8) is 0 Å². The summed E-state index contributed by atoms with van der Waals surface area (Å²) in [5, 5.41) is 8.24. The molecule has 3 aromatic rings. The van der Waals surface area contributed by atoms with Crippen LogP contribution in [0, 0.1) is 12.7 Å². The van der Waals surface area contributed by atoms with Gasteiger partial charge in [0.1, 0.15) is 18.0 Å². The highest BCUT2D eigenvalue weighted by atomic mass is 35.5. The fraction of sp³-hybridized carbons (Fsp3) is 0.393. The van der Waals surface area contributed by atoms with Crippen molar-refractivity contribution in [2.24, 2.45) is 7.05 Å². The standard InChI is InChI=1S/C28H29ClFN5O5/c1-15-31-32-22(33(15)5)14-39-24-20(30)12-19(29)18-10-11-34(27(38)40-28(2,3)4)21(23(18)24)13-35-25(36)16-8-6-7-9-17(16)26(35)37/h6-9,12,21H,10-11,13-14H2,1-5H3/t21-/m1/s1. The number of aryl methyl sites for hydroxylation is 1. The summed E-state index contributed by atoms with van der Waals surface area (Å²) in [4.78, 5) is 42.5. The zero-order chi connectivity index (χ0) is 28.9. The predicted molar refractivity (Wildman–Crippen MR) is 143 cm³/mol. The Hall–Kier alpha value is -3.99. The Kier molecular flexibility index (Phi) is 7.03. The van der Waals surface area contributed by atoms with E-state index in [9.17, 15) is 14.4 Å². The van der Waals surface area contributed by atoms with Gasteiger partial charge in [-0.25, -0.2) is 9.18 Å². The smallest absolute Gasteiger partial charge is 0.410 e. The van der Waals surface area contributed by atoms with Crippen LogP contribution in [0.3, 0.4) is 0 Å². The van der Waals surface area contributed by atoms with Crippen molar-refractivity contribution in [1.82, 2.24) is 24.6 Å². The second kappa shape index (κ2) is 10.2. The minimum absolute atomic E-state index is 0.117. The molecule has 0 saturated carbocycles. The molecule has 2 aliphatic rings. The number of imide groups is 1. The van der Waals surface area contributed by atoms with Crippen molar-refractivity contribution < 1.29 is 28.2 Å². The average Bonchev–Trinajstić information content (AvgIpc) is 3.33. The molecule has 0 aliphatic carbocycles. The second-order valence-corrected chi connectivity index (χ2v) is 11.2. The van der Waals surface area contributed by atoms with Gasteiger partial charge < -0.3 is 14.0 Å². The molecule has 2 aromatic carbocycles. The summed E-state index contributed by atoms with van der Waals surface area (Å²) >= 11 is 6.51. The molecule has 3 amide bonds. The fourth-order valence-corrected chi connectivity index (χ4v) is 5.27. The van der Waals surface area contributed by atoms with Crippen LogP contribution in [-0.2, 0) is 24.8 Å². The van der Waals surface area contributed by atoms with Crippen molar-refractivity contribution in [2.45, 2.75) is 52.4 Å². The Morgan fingerprint density at radius 1 is 1.15 bits per heavy atom. The number of carbonyl (C=O) groups excluding carboxylic acids is 3. The molecule has 5 rings (SSSR count). The minimum Gasteiger partial charge on any atom is -0.482 e. The summed E-state index contributed by atoms with van der Waals surface area (Å²) in [7, 11) is 1.76. The number of amides is 3. The molecule has 1 aromatic heterocycles. The molecule has 3 heterocycles. The van der Waals surface area contributed by atoms with Crippen LogP contribution in [0.1, 0.15) is 70.3 Å². The summed E-state index contributed by atoms with van der Waals surface area (Å²) in [5.41, 5.74) is 0.544. The molecule has 1 atom stereocenters. The number of nitrogens with zero attached hydrogens (tertiary/aromatic N) is 5. The highest BCUT2D eigenvalue weighted by Gasteiger charge is 2.43. The molecule has 0 saturated heterocycles. The zero-order valence-electron chi connectivity index (χ0n) is 22.8. The van der Waals surface area contributed by atoms with E-state index >= 15 is 4.39 Å². The van der Waals surface area contributed by atoms with E-state index in [4.69, 9.17) is 21.1 Å². The van der Waals surface area contributed by atoms with Crippen molar-refractivity contribution in [1.29, 1.82) is 0 Å². The highest BCUT2D eigenvalue weighted by molar-refractivity contribution is 6.31. The van der Waals surface area contributed by atoms with Crippen LogP contribution in [-0.4, -0.2) is 61.2 Å². The maximum absolute atomic E-state index is 15.6. The first-order chi connectivity index (χ1) is 18.9. The number of fused-ring (bicyclic) bond motifs is 2. The minimum atomic E-state index is -0.995. The lowest BCUT2D eigenvalue weighted by Gasteiger charge is -2.40. The van der Waals surface area contributed by atoms with E-state index < -0.39 is 35.4 Å². The SMILES string of the molecule is Cc1nnc(COc2c(F)cc(Cl)c3c2[C@@H](CN2C(=O)c4ccccc4C2=O)N(C(=O)OC(C)(C)C)CC3)n1C. The third-order valence-electron chi connectivity index (χ3n) is 7.03. The lowest BCUT2D eigenvalue weighted by Crippen LogP contribution is -2.48. The molecule has 0 unspecified atom stereocenters. The molecule has 0 fully saturated rings. The monoisotopic (exact) mass is 569 g/mol. The van der Waals surface area contributed by atoms with Gasteiger partial charge in [-0.3, -0.25) is 19.4 Å². The van der Waals surface area contributed by atoms with Gasteiger partial charge in [-0.2, -0.15) is 0 Å². The summed E-state index contributed by atoms with van der Waals surface area (Å²) < 4.78 is 28.9. The van der Waals surface area contributed by atoms with Gasteiger partial charge in [0.2, 0.25) is 0 Å². The summed E-state index contributed by atoms with van der Waals surface area (Å²) in [6, 6.07) is 6.66. The Morgan fingerprint density at radius 2 is 1.80 bits per heavy atom. The number of hydrogen-bond acceptors (Lipinski definition) is 7. The molecule has 0 radical (unpaired) electrons. The van der Waals surface area contributed by atoms with Gasteiger partial charge in [-0.15, -0.1) is 10.2 Å².